The average Bonchev–Trinajstić information content (AvgIpc) is 2.67. The van der Waals surface area contributed by atoms with Crippen LogP contribution in [0.2, 0.25) is 5.02 Å². The molecule has 0 aliphatic rings. The minimum atomic E-state index is -4.94. The van der Waals surface area contributed by atoms with E-state index >= 15 is 0 Å². The fraction of sp³-hybridized carbons (Fsp3) is 0.316. The zero-order valence-corrected chi connectivity index (χ0v) is 17.7. The molecule has 2 rings (SSSR count). The van der Waals surface area contributed by atoms with Crippen molar-refractivity contribution < 1.29 is 31.1 Å². The molecule has 0 atom stereocenters. The van der Waals surface area contributed by atoms with Crippen LogP contribution in [0.4, 0.5) is 18.9 Å². The van der Waals surface area contributed by atoms with Gasteiger partial charge in [-0.2, -0.15) is 17.5 Å². The molecule has 11 heteroatoms. The van der Waals surface area contributed by atoms with Crippen molar-refractivity contribution >= 4 is 33.2 Å². The molecule has 0 bridgehead atoms. The number of benzene rings is 2. The average molecular weight is 465 g/mol. The molecule has 0 spiro atoms. The Morgan fingerprint density at radius 1 is 1.20 bits per heavy atom. The van der Waals surface area contributed by atoms with E-state index in [-0.39, 0.29) is 18.0 Å². The molecule has 0 aromatic heterocycles. The van der Waals surface area contributed by atoms with Crippen LogP contribution in [0.25, 0.3) is 0 Å². The van der Waals surface area contributed by atoms with Crippen molar-refractivity contribution in [2.45, 2.75) is 24.4 Å². The third kappa shape index (κ3) is 5.65. The predicted octanol–water partition coefficient (Wildman–Crippen LogP) is 4.41. The molecule has 164 valence electrons. The van der Waals surface area contributed by atoms with Crippen molar-refractivity contribution in [3.05, 3.63) is 53.1 Å². The first kappa shape index (κ1) is 24.0. The maximum Gasteiger partial charge on any atom is 0.417 e. The van der Waals surface area contributed by atoms with Gasteiger partial charge in [0.15, 0.2) is 0 Å². The van der Waals surface area contributed by atoms with Gasteiger partial charge >= 0.3 is 6.18 Å². The number of nitrogens with one attached hydrogen (secondary N) is 1. The molecule has 2 aromatic rings. The van der Waals surface area contributed by atoms with Crippen LogP contribution in [0.3, 0.4) is 0 Å². The summed E-state index contributed by atoms with van der Waals surface area (Å²) in [5, 5.41) is 2.26. The Morgan fingerprint density at radius 2 is 1.87 bits per heavy atom. The van der Waals surface area contributed by atoms with Crippen LogP contribution in [0.5, 0.6) is 5.75 Å². The van der Waals surface area contributed by atoms with Gasteiger partial charge in [0.1, 0.15) is 5.75 Å². The molecule has 1 amide bonds. The molecular weight excluding hydrogens is 445 g/mol. The monoisotopic (exact) mass is 464 g/mol. The fourth-order valence-corrected chi connectivity index (χ4v) is 4.57. The Labute approximate surface area is 177 Å². The van der Waals surface area contributed by atoms with Crippen LogP contribution in [0, 0.1) is 0 Å². The minimum Gasteiger partial charge on any atom is -0.495 e. The third-order valence-electron chi connectivity index (χ3n) is 4.04. The van der Waals surface area contributed by atoms with Crippen LogP contribution in [0.1, 0.15) is 18.9 Å². The standard InChI is InChI=1S/C19H20ClF3N2O4S/c1-3-10-25(12-18(26)24-15-6-4-5-7-16(15)29-2)30(27,28)17-9-8-13(20)11-14(17)19(21,22)23/h4-9,11H,3,10,12H2,1-2H3,(H,24,26). The van der Waals surface area contributed by atoms with Gasteiger partial charge in [-0.1, -0.05) is 30.7 Å². The van der Waals surface area contributed by atoms with Crippen LogP contribution >= 0.6 is 11.6 Å². The van der Waals surface area contributed by atoms with Gasteiger partial charge in [0.25, 0.3) is 0 Å². The van der Waals surface area contributed by atoms with Crippen LogP contribution < -0.4 is 10.1 Å². The van der Waals surface area contributed by atoms with E-state index < -0.39 is 39.1 Å². The van der Waals surface area contributed by atoms with Crippen LogP contribution in [-0.4, -0.2) is 38.8 Å². The summed E-state index contributed by atoms with van der Waals surface area (Å²) in [6.07, 6.45) is -4.65. The highest BCUT2D eigenvalue weighted by molar-refractivity contribution is 7.89. The van der Waals surface area contributed by atoms with E-state index in [1.807, 2.05) is 0 Å². The number of methoxy groups -OCH3 is 1. The van der Waals surface area contributed by atoms with E-state index in [0.717, 1.165) is 12.1 Å². The summed E-state index contributed by atoms with van der Waals surface area (Å²) in [6.45, 7) is 0.822. The lowest BCUT2D eigenvalue weighted by Crippen LogP contribution is -2.39. The molecule has 0 saturated carbocycles. The predicted molar refractivity (Wildman–Crippen MR) is 107 cm³/mol. The molecule has 0 unspecified atom stereocenters. The maximum atomic E-state index is 13.4. The number of nitrogens with zero attached hydrogens (tertiary/aromatic N) is 1. The molecule has 0 radical (unpaired) electrons. The van der Waals surface area contributed by atoms with Gasteiger partial charge in [-0.25, -0.2) is 8.42 Å². The molecule has 2 aromatic carbocycles. The number of carbonyl (C=O) groups excluding carboxylic acids is 1. The van der Waals surface area contributed by atoms with Crippen molar-refractivity contribution in [3.8, 4) is 5.75 Å². The van der Waals surface area contributed by atoms with Crippen molar-refractivity contribution in [2.75, 3.05) is 25.5 Å². The van der Waals surface area contributed by atoms with Crippen molar-refractivity contribution in [2.24, 2.45) is 0 Å². The van der Waals surface area contributed by atoms with E-state index in [0.29, 0.717) is 21.8 Å². The SMILES string of the molecule is CCCN(CC(=O)Nc1ccccc1OC)S(=O)(=O)c1ccc(Cl)cc1C(F)(F)F. The zero-order valence-electron chi connectivity index (χ0n) is 16.2. The second-order valence-corrected chi connectivity index (χ2v) is 8.57. The third-order valence-corrected chi connectivity index (χ3v) is 6.18. The Kier molecular flexibility index (Phi) is 7.73. The van der Waals surface area contributed by atoms with Crippen LogP contribution in [-0.2, 0) is 21.0 Å². The summed E-state index contributed by atoms with van der Waals surface area (Å²) >= 11 is 5.63. The number of halogens is 4. The number of sulfonamides is 1. The lowest BCUT2D eigenvalue weighted by Gasteiger charge is -2.23. The zero-order chi connectivity index (χ0) is 22.5. The first-order valence-corrected chi connectivity index (χ1v) is 10.6. The van der Waals surface area contributed by atoms with E-state index in [1.165, 1.54) is 7.11 Å². The smallest absolute Gasteiger partial charge is 0.417 e. The summed E-state index contributed by atoms with van der Waals surface area (Å²) in [7, 11) is -3.23. The number of rotatable bonds is 8. The first-order valence-electron chi connectivity index (χ1n) is 8.80. The van der Waals surface area contributed by atoms with E-state index in [2.05, 4.69) is 5.32 Å². The van der Waals surface area contributed by atoms with Gasteiger partial charge in [0.05, 0.1) is 29.8 Å². The number of para-hydroxylation sites is 2. The number of amides is 1. The Bertz CT molecular complexity index is 1010. The van der Waals surface area contributed by atoms with Crippen molar-refractivity contribution in [1.29, 1.82) is 0 Å². The highest BCUT2D eigenvalue weighted by Crippen LogP contribution is 2.37. The molecule has 0 fully saturated rings. The number of carbonyl (C=O) groups is 1. The van der Waals surface area contributed by atoms with Gasteiger partial charge in [-0.3, -0.25) is 4.79 Å². The van der Waals surface area contributed by atoms with Gasteiger partial charge < -0.3 is 10.1 Å². The number of ether oxygens (including phenoxy) is 1. The van der Waals surface area contributed by atoms with E-state index in [1.54, 1.807) is 31.2 Å². The van der Waals surface area contributed by atoms with Gasteiger partial charge in [-0.15, -0.1) is 0 Å². The summed E-state index contributed by atoms with van der Waals surface area (Å²) in [5.74, 6) is -0.369. The quantitative estimate of drug-likeness (QED) is 0.628. The fourth-order valence-electron chi connectivity index (χ4n) is 2.72. The largest absolute Gasteiger partial charge is 0.495 e. The molecule has 1 N–H and O–H groups in total. The van der Waals surface area contributed by atoms with E-state index in [4.69, 9.17) is 16.3 Å². The second-order valence-electron chi connectivity index (χ2n) is 6.23. The van der Waals surface area contributed by atoms with E-state index in [9.17, 15) is 26.4 Å². The first-order chi connectivity index (χ1) is 14.0. The topological polar surface area (TPSA) is 75.7 Å². The summed E-state index contributed by atoms with van der Waals surface area (Å²) < 4.78 is 72.0. The normalized spacial score (nSPS) is 12.1. The van der Waals surface area contributed by atoms with Gasteiger partial charge in [-0.05, 0) is 36.8 Å². The van der Waals surface area contributed by atoms with Crippen molar-refractivity contribution in [3.63, 3.8) is 0 Å². The van der Waals surface area contributed by atoms with Gasteiger partial charge in [0.2, 0.25) is 15.9 Å². The molecule has 0 saturated heterocycles. The number of alkyl halides is 3. The summed E-state index contributed by atoms with van der Waals surface area (Å²) in [5.41, 5.74) is -1.08. The lowest BCUT2D eigenvalue weighted by atomic mass is 10.2. The molecule has 6 nitrogen and oxygen atoms in total. The maximum absolute atomic E-state index is 13.4. The van der Waals surface area contributed by atoms with Gasteiger partial charge in [0, 0.05) is 11.6 Å². The lowest BCUT2D eigenvalue weighted by molar-refractivity contribution is -0.139. The summed E-state index contributed by atoms with van der Waals surface area (Å²) in [4.78, 5) is 11.5. The highest BCUT2D eigenvalue weighted by Gasteiger charge is 2.39. The molecule has 0 aliphatic carbocycles. The second kappa shape index (κ2) is 9.67. The summed E-state index contributed by atoms with van der Waals surface area (Å²) in [6, 6.07) is 8.87. The number of hydrogen-bond acceptors (Lipinski definition) is 4. The highest BCUT2D eigenvalue weighted by atomic mass is 35.5. The molecule has 0 aliphatic heterocycles. The molecule has 30 heavy (non-hydrogen) atoms. The Morgan fingerprint density at radius 3 is 2.47 bits per heavy atom. The molecule has 0 heterocycles. The van der Waals surface area contributed by atoms with Crippen molar-refractivity contribution in [1.82, 2.24) is 4.31 Å². The number of anilines is 1. The number of hydrogen-bond donors (Lipinski definition) is 1. The molecular formula is C19H20ClF3N2O4S. The Hall–Kier alpha value is -2.30. The van der Waals surface area contributed by atoms with Crippen LogP contribution in [0.15, 0.2) is 47.4 Å². The Balaban J connectivity index is 2.37. The minimum absolute atomic E-state index is 0.151.